The van der Waals surface area contributed by atoms with Gasteiger partial charge in [0.25, 0.3) is 0 Å². The van der Waals surface area contributed by atoms with E-state index in [1.54, 1.807) is 18.0 Å². The SMILES string of the molecule is C=CCN(C)C(C(=O)O)c1cc(F)ccc1OC. The highest BCUT2D eigenvalue weighted by Crippen LogP contribution is 2.29. The molecule has 5 heteroatoms. The molecule has 0 amide bonds. The smallest absolute Gasteiger partial charge is 0.325 e. The number of nitrogens with zero attached hydrogens (tertiary/aromatic N) is 1. The standard InChI is InChI=1S/C13H16FNO3/c1-4-7-15(2)12(13(16)17)10-8-9(14)5-6-11(10)18-3/h4-6,8,12H,1,7H2,2-3H3,(H,16,17). The van der Waals surface area contributed by atoms with E-state index in [0.717, 1.165) is 0 Å². The molecule has 4 nitrogen and oxygen atoms in total. The van der Waals surface area contributed by atoms with Gasteiger partial charge in [-0.3, -0.25) is 9.69 Å². The largest absolute Gasteiger partial charge is 0.496 e. The van der Waals surface area contributed by atoms with E-state index in [-0.39, 0.29) is 5.56 Å². The molecule has 1 atom stereocenters. The van der Waals surface area contributed by atoms with E-state index in [1.165, 1.54) is 25.3 Å². The number of hydrogen-bond donors (Lipinski definition) is 1. The van der Waals surface area contributed by atoms with Crippen LogP contribution in [0.3, 0.4) is 0 Å². The molecule has 0 saturated heterocycles. The van der Waals surface area contributed by atoms with Crippen molar-refractivity contribution in [3.8, 4) is 5.75 Å². The fraction of sp³-hybridized carbons (Fsp3) is 0.308. The number of methoxy groups -OCH3 is 1. The summed E-state index contributed by atoms with van der Waals surface area (Å²) in [5, 5.41) is 9.28. The summed E-state index contributed by atoms with van der Waals surface area (Å²) in [6.45, 7) is 3.93. The van der Waals surface area contributed by atoms with Gasteiger partial charge in [-0.25, -0.2) is 4.39 Å². The Morgan fingerprint density at radius 2 is 2.33 bits per heavy atom. The molecule has 0 fully saturated rings. The lowest BCUT2D eigenvalue weighted by Crippen LogP contribution is -2.31. The lowest BCUT2D eigenvalue weighted by molar-refractivity contribution is -0.142. The van der Waals surface area contributed by atoms with Crippen molar-refractivity contribution in [2.75, 3.05) is 20.7 Å². The van der Waals surface area contributed by atoms with Gasteiger partial charge in [0, 0.05) is 12.1 Å². The van der Waals surface area contributed by atoms with Crippen LogP contribution < -0.4 is 4.74 Å². The molecule has 0 aliphatic rings. The molecule has 0 saturated carbocycles. The fourth-order valence-electron chi connectivity index (χ4n) is 1.79. The third-order valence-corrected chi connectivity index (χ3v) is 2.58. The van der Waals surface area contributed by atoms with Crippen LogP contribution in [0.4, 0.5) is 4.39 Å². The van der Waals surface area contributed by atoms with Crippen LogP contribution in [0.15, 0.2) is 30.9 Å². The predicted molar refractivity (Wildman–Crippen MR) is 66.2 cm³/mol. The Morgan fingerprint density at radius 1 is 1.67 bits per heavy atom. The maximum atomic E-state index is 13.3. The van der Waals surface area contributed by atoms with E-state index in [2.05, 4.69) is 6.58 Å². The van der Waals surface area contributed by atoms with Crippen molar-refractivity contribution >= 4 is 5.97 Å². The molecule has 0 aliphatic carbocycles. The number of halogens is 1. The molecule has 0 bridgehead atoms. The predicted octanol–water partition coefficient (Wildman–Crippen LogP) is 2.08. The normalized spacial score (nSPS) is 12.2. The maximum absolute atomic E-state index is 13.3. The van der Waals surface area contributed by atoms with Gasteiger partial charge in [-0.15, -0.1) is 6.58 Å². The highest BCUT2D eigenvalue weighted by Gasteiger charge is 2.27. The van der Waals surface area contributed by atoms with Gasteiger partial charge in [0.05, 0.1) is 7.11 Å². The van der Waals surface area contributed by atoms with Gasteiger partial charge >= 0.3 is 5.97 Å². The fourth-order valence-corrected chi connectivity index (χ4v) is 1.79. The Morgan fingerprint density at radius 3 is 2.83 bits per heavy atom. The molecular weight excluding hydrogens is 237 g/mol. The van der Waals surface area contributed by atoms with Crippen LogP contribution in [0.1, 0.15) is 11.6 Å². The Labute approximate surface area is 105 Å². The number of ether oxygens (including phenoxy) is 1. The third kappa shape index (κ3) is 3.07. The van der Waals surface area contributed by atoms with Gasteiger partial charge in [0.2, 0.25) is 0 Å². The van der Waals surface area contributed by atoms with Crippen molar-refractivity contribution in [3.05, 3.63) is 42.2 Å². The van der Waals surface area contributed by atoms with E-state index in [9.17, 15) is 14.3 Å². The van der Waals surface area contributed by atoms with Crippen LogP contribution in [-0.2, 0) is 4.79 Å². The third-order valence-electron chi connectivity index (χ3n) is 2.58. The number of carbonyl (C=O) groups is 1. The van der Waals surface area contributed by atoms with Crippen LogP contribution in [0, 0.1) is 5.82 Å². The summed E-state index contributed by atoms with van der Waals surface area (Å²) in [5.74, 6) is -1.22. The number of aliphatic carboxylic acids is 1. The molecule has 1 rings (SSSR count). The zero-order valence-electron chi connectivity index (χ0n) is 10.4. The van der Waals surface area contributed by atoms with Crippen LogP contribution in [0.2, 0.25) is 0 Å². The first-order valence-corrected chi connectivity index (χ1v) is 5.38. The van der Waals surface area contributed by atoms with Crippen molar-refractivity contribution < 1.29 is 19.0 Å². The second-order valence-corrected chi connectivity index (χ2v) is 3.86. The van der Waals surface area contributed by atoms with Crippen LogP contribution in [0.25, 0.3) is 0 Å². The molecule has 1 aromatic carbocycles. The van der Waals surface area contributed by atoms with Gasteiger partial charge in [0.1, 0.15) is 17.6 Å². The van der Waals surface area contributed by atoms with Gasteiger partial charge in [0.15, 0.2) is 0 Å². The van der Waals surface area contributed by atoms with Gasteiger partial charge in [-0.05, 0) is 25.2 Å². The summed E-state index contributed by atoms with van der Waals surface area (Å²) >= 11 is 0. The summed E-state index contributed by atoms with van der Waals surface area (Å²) in [4.78, 5) is 12.9. The summed E-state index contributed by atoms with van der Waals surface area (Å²) in [6.07, 6.45) is 1.59. The van der Waals surface area contributed by atoms with E-state index in [1.807, 2.05) is 0 Å². The topological polar surface area (TPSA) is 49.8 Å². The maximum Gasteiger partial charge on any atom is 0.325 e. The Bertz CT molecular complexity index is 448. The highest BCUT2D eigenvalue weighted by molar-refractivity contribution is 5.76. The first-order chi connectivity index (χ1) is 8.51. The lowest BCUT2D eigenvalue weighted by atomic mass is 10.0. The molecule has 0 aromatic heterocycles. The van der Waals surface area contributed by atoms with E-state index in [4.69, 9.17) is 4.74 Å². The Balaban J connectivity index is 3.24. The van der Waals surface area contributed by atoms with Crippen molar-refractivity contribution in [1.29, 1.82) is 0 Å². The Hall–Kier alpha value is -1.88. The van der Waals surface area contributed by atoms with Gasteiger partial charge in [-0.2, -0.15) is 0 Å². The second-order valence-electron chi connectivity index (χ2n) is 3.86. The molecular formula is C13H16FNO3. The molecule has 1 N–H and O–H groups in total. The highest BCUT2D eigenvalue weighted by atomic mass is 19.1. The summed E-state index contributed by atoms with van der Waals surface area (Å²) in [5.41, 5.74) is 0.286. The molecule has 1 aromatic rings. The minimum absolute atomic E-state index is 0.286. The van der Waals surface area contributed by atoms with Gasteiger partial charge < -0.3 is 9.84 Å². The minimum Gasteiger partial charge on any atom is -0.496 e. The first kappa shape index (κ1) is 14.2. The second kappa shape index (κ2) is 6.16. The lowest BCUT2D eigenvalue weighted by Gasteiger charge is -2.25. The molecule has 0 radical (unpaired) electrons. The molecule has 0 spiro atoms. The van der Waals surface area contributed by atoms with Crippen molar-refractivity contribution in [1.82, 2.24) is 4.90 Å². The van der Waals surface area contributed by atoms with E-state index in [0.29, 0.717) is 12.3 Å². The molecule has 18 heavy (non-hydrogen) atoms. The van der Waals surface area contributed by atoms with Crippen LogP contribution >= 0.6 is 0 Å². The molecule has 0 aliphatic heterocycles. The molecule has 98 valence electrons. The number of carboxylic acid groups (broad SMARTS) is 1. The number of benzene rings is 1. The number of likely N-dealkylation sites (N-methyl/N-ethyl adjacent to an activating group) is 1. The number of hydrogen-bond acceptors (Lipinski definition) is 3. The zero-order valence-corrected chi connectivity index (χ0v) is 10.4. The van der Waals surface area contributed by atoms with Gasteiger partial charge in [-0.1, -0.05) is 6.08 Å². The average molecular weight is 253 g/mol. The van der Waals surface area contributed by atoms with E-state index < -0.39 is 17.8 Å². The van der Waals surface area contributed by atoms with E-state index >= 15 is 0 Å². The Kier molecular flexibility index (Phi) is 4.85. The van der Waals surface area contributed by atoms with Crippen molar-refractivity contribution in [2.45, 2.75) is 6.04 Å². The van der Waals surface area contributed by atoms with Crippen LogP contribution in [-0.4, -0.2) is 36.7 Å². The van der Waals surface area contributed by atoms with Crippen molar-refractivity contribution in [3.63, 3.8) is 0 Å². The monoisotopic (exact) mass is 253 g/mol. The number of rotatable bonds is 6. The molecule has 1 unspecified atom stereocenters. The summed E-state index contributed by atoms with van der Waals surface area (Å²) in [6, 6.07) is 2.85. The minimum atomic E-state index is -1.07. The first-order valence-electron chi connectivity index (χ1n) is 5.38. The quantitative estimate of drug-likeness (QED) is 0.788. The average Bonchev–Trinajstić information content (AvgIpc) is 2.29. The number of carboxylic acids is 1. The van der Waals surface area contributed by atoms with Crippen LogP contribution in [0.5, 0.6) is 5.75 Å². The summed E-state index contributed by atoms with van der Waals surface area (Å²) < 4.78 is 18.3. The summed E-state index contributed by atoms with van der Waals surface area (Å²) in [7, 11) is 3.05. The molecule has 0 heterocycles. The van der Waals surface area contributed by atoms with Crippen molar-refractivity contribution in [2.24, 2.45) is 0 Å². The zero-order chi connectivity index (χ0) is 13.7.